The van der Waals surface area contributed by atoms with Gasteiger partial charge in [-0.3, -0.25) is 9.78 Å². The lowest BCUT2D eigenvalue weighted by Gasteiger charge is -1.99. The van der Waals surface area contributed by atoms with Crippen LogP contribution in [-0.4, -0.2) is 20.5 Å². The van der Waals surface area contributed by atoms with Crippen molar-refractivity contribution in [3.63, 3.8) is 0 Å². The SMILES string of the molecule is O=C(Cn1nc(-c2ccncc2)oc1=S)c1ccccc1. The molecule has 0 radical (unpaired) electrons. The third-order valence-electron chi connectivity index (χ3n) is 2.92. The smallest absolute Gasteiger partial charge is 0.287 e. The maximum absolute atomic E-state index is 12.2. The Hall–Kier alpha value is -2.60. The average molecular weight is 297 g/mol. The number of ketones is 1. The van der Waals surface area contributed by atoms with Gasteiger partial charge in [-0.15, -0.1) is 5.10 Å². The standard InChI is InChI=1S/C15H11N3O2S/c19-13(11-4-2-1-3-5-11)10-18-15(21)20-14(17-18)12-6-8-16-9-7-12/h1-9H,10H2. The number of aromatic nitrogens is 3. The third-order valence-corrected chi connectivity index (χ3v) is 3.22. The predicted molar refractivity (Wildman–Crippen MR) is 79.3 cm³/mol. The van der Waals surface area contributed by atoms with E-state index in [1.54, 1.807) is 36.7 Å². The zero-order valence-corrected chi connectivity index (χ0v) is 11.8. The summed E-state index contributed by atoms with van der Waals surface area (Å²) >= 11 is 5.11. The fourth-order valence-corrected chi connectivity index (χ4v) is 2.05. The molecule has 0 aliphatic rings. The average Bonchev–Trinajstić information content (AvgIpc) is 2.90. The van der Waals surface area contributed by atoms with Gasteiger partial charge < -0.3 is 4.42 Å². The number of pyridine rings is 1. The second-order valence-electron chi connectivity index (χ2n) is 4.36. The van der Waals surface area contributed by atoms with Crippen molar-refractivity contribution < 1.29 is 9.21 Å². The van der Waals surface area contributed by atoms with Crippen molar-refractivity contribution in [3.8, 4) is 11.5 Å². The van der Waals surface area contributed by atoms with Crippen LogP contribution in [0, 0.1) is 4.84 Å². The minimum atomic E-state index is -0.0683. The van der Waals surface area contributed by atoms with Crippen molar-refractivity contribution in [3.05, 3.63) is 65.3 Å². The molecule has 3 rings (SSSR count). The molecular weight excluding hydrogens is 286 g/mol. The monoisotopic (exact) mass is 297 g/mol. The Bertz CT molecular complexity index is 810. The van der Waals surface area contributed by atoms with E-state index < -0.39 is 0 Å². The van der Waals surface area contributed by atoms with Gasteiger partial charge >= 0.3 is 0 Å². The van der Waals surface area contributed by atoms with Crippen molar-refractivity contribution in [2.24, 2.45) is 0 Å². The molecule has 1 aromatic carbocycles. The minimum Gasteiger partial charge on any atom is -0.409 e. The van der Waals surface area contributed by atoms with Gasteiger partial charge in [-0.1, -0.05) is 30.3 Å². The number of nitrogens with zero attached hydrogens (tertiary/aromatic N) is 3. The number of benzene rings is 1. The molecule has 2 aromatic heterocycles. The van der Waals surface area contributed by atoms with Crippen LogP contribution < -0.4 is 0 Å². The Labute approximate surface area is 125 Å². The number of carbonyl (C=O) groups is 1. The molecule has 0 amide bonds. The molecule has 2 heterocycles. The molecule has 0 unspecified atom stereocenters. The van der Waals surface area contributed by atoms with Crippen molar-refractivity contribution in [2.75, 3.05) is 0 Å². The summed E-state index contributed by atoms with van der Waals surface area (Å²) in [6.07, 6.45) is 3.28. The zero-order valence-electron chi connectivity index (χ0n) is 11.0. The molecule has 0 saturated heterocycles. The maximum atomic E-state index is 12.2. The first-order valence-corrected chi connectivity index (χ1v) is 6.71. The topological polar surface area (TPSA) is 60.9 Å². The van der Waals surface area contributed by atoms with E-state index in [0.29, 0.717) is 11.5 Å². The number of rotatable bonds is 4. The van der Waals surface area contributed by atoms with Gasteiger partial charge in [0.25, 0.3) is 4.84 Å². The molecule has 3 aromatic rings. The quantitative estimate of drug-likeness (QED) is 0.547. The molecule has 0 bridgehead atoms. The number of carbonyl (C=O) groups excluding carboxylic acids is 1. The molecule has 0 atom stereocenters. The minimum absolute atomic E-state index is 0.0530. The van der Waals surface area contributed by atoms with E-state index in [-0.39, 0.29) is 17.2 Å². The highest BCUT2D eigenvalue weighted by molar-refractivity contribution is 7.71. The van der Waals surface area contributed by atoms with E-state index in [9.17, 15) is 4.79 Å². The van der Waals surface area contributed by atoms with Gasteiger partial charge in [-0.2, -0.15) is 0 Å². The van der Waals surface area contributed by atoms with Crippen molar-refractivity contribution >= 4 is 18.0 Å². The van der Waals surface area contributed by atoms with Crippen LogP contribution in [0.2, 0.25) is 0 Å². The summed E-state index contributed by atoms with van der Waals surface area (Å²) in [5, 5.41) is 4.24. The summed E-state index contributed by atoms with van der Waals surface area (Å²) in [5.41, 5.74) is 1.38. The Morgan fingerprint density at radius 2 is 1.86 bits per heavy atom. The van der Waals surface area contributed by atoms with Gasteiger partial charge in [0.2, 0.25) is 5.89 Å². The van der Waals surface area contributed by atoms with Gasteiger partial charge in [0.05, 0.1) is 0 Å². The molecule has 0 spiro atoms. The third kappa shape index (κ3) is 2.95. The van der Waals surface area contributed by atoms with Crippen LogP contribution in [0.3, 0.4) is 0 Å². The summed E-state index contributed by atoms with van der Waals surface area (Å²) in [4.78, 5) is 16.3. The Morgan fingerprint density at radius 1 is 1.14 bits per heavy atom. The van der Waals surface area contributed by atoms with E-state index >= 15 is 0 Å². The zero-order chi connectivity index (χ0) is 14.7. The van der Waals surface area contributed by atoms with Crippen molar-refractivity contribution in [1.82, 2.24) is 14.8 Å². The summed E-state index contributed by atoms with van der Waals surface area (Å²) in [7, 11) is 0. The van der Waals surface area contributed by atoms with Crippen LogP contribution in [0.25, 0.3) is 11.5 Å². The first kappa shape index (κ1) is 13.4. The molecule has 0 fully saturated rings. The second-order valence-corrected chi connectivity index (χ2v) is 4.71. The Kier molecular flexibility index (Phi) is 3.70. The lowest BCUT2D eigenvalue weighted by molar-refractivity contribution is 0.0966. The number of Topliss-reactive ketones (excluding diaryl/α,β-unsaturated/α-hetero) is 1. The van der Waals surface area contributed by atoms with Gasteiger partial charge in [-0.05, 0) is 24.4 Å². The Morgan fingerprint density at radius 3 is 2.57 bits per heavy atom. The van der Waals surface area contributed by atoms with Crippen LogP contribution >= 0.6 is 12.2 Å². The fourth-order valence-electron chi connectivity index (χ4n) is 1.87. The van der Waals surface area contributed by atoms with Gasteiger partial charge in [0.15, 0.2) is 5.78 Å². The Balaban J connectivity index is 1.86. The maximum Gasteiger partial charge on any atom is 0.287 e. The number of hydrogen-bond donors (Lipinski definition) is 0. The molecule has 0 saturated carbocycles. The highest BCUT2D eigenvalue weighted by Crippen LogP contribution is 2.16. The van der Waals surface area contributed by atoms with E-state index in [0.717, 1.165) is 5.56 Å². The fraction of sp³-hybridized carbons (Fsp3) is 0.0667. The highest BCUT2D eigenvalue weighted by Gasteiger charge is 2.12. The first-order chi connectivity index (χ1) is 10.2. The molecule has 0 aliphatic heterocycles. The van der Waals surface area contributed by atoms with Crippen molar-refractivity contribution in [2.45, 2.75) is 6.54 Å². The molecular formula is C15H11N3O2S. The molecule has 0 N–H and O–H groups in total. The second kappa shape index (κ2) is 5.80. The van der Waals surface area contributed by atoms with E-state index in [2.05, 4.69) is 10.1 Å². The molecule has 5 nitrogen and oxygen atoms in total. The molecule has 104 valence electrons. The van der Waals surface area contributed by atoms with E-state index in [1.165, 1.54) is 4.68 Å². The number of hydrogen-bond acceptors (Lipinski definition) is 5. The van der Waals surface area contributed by atoms with Crippen LogP contribution in [0.5, 0.6) is 0 Å². The summed E-state index contributed by atoms with van der Waals surface area (Å²) in [5.74, 6) is 0.310. The normalized spacial score (nSPS) is 10.5. The van der Waals surface area contributed by atoms with Gasteiger partial charge in [0.1, 0.15) is 6.54 Å². The largest absolute Gasteiger partial charge is 0.409 e. The van der Waals surface area contributed by atoms with E-state index in [1.807, 2.05) is 18.2 Å². The first-order valence-electron chi connectivity index (χ1n) is 6.30. The summed E-state index contributed by atoms with van der Waals surface area (Å²) in [6.45, 7) is 0.0530. The molecule has 6 heteroatoms. The lowest BCUT2D eigenvalue weighted by Crippen LogP contribution is -2.11. The van der Waals surface area contributed by atoms with Crippen molar-refractivity contribution in [1.29, 1.82) is 0 Å². The predicted octanol–water partition coefficient (Wildman–Crippen LogP) is 3.15. The van der Waals surface area contributed by atoms with Gasteiger partial charge in [0, 0.05) is 23.5 Å². The lowest BCUT2D eigenvalue weighted by atomic mass is 10.1. The summed E-state index contributed by atoms with van der Waals surface area (Å²) in [6, 6.07) is 12.6. The highest BCUT2D eigenvalue weighted by atomic mass is 32.1. The van der Waals surface area contributed by atoms with Crippen LogP contribution in [0.1, 0.15) is 10.4 Å². The van der Waals surface area contributed by atoms with Crippen LogP contribution in [0.4, 0.5) is 0 Å². The molecule has 0 aliphatic carbocycles. The summed E-state index contributed by atoms with van der Waals surface area (Å²) < 4.78 is 6.81. The molecule has 21 heavy (non-hydrogen) atoms. The van der Waals surface area contributed by atoms with E-state index in [4.69, 9.17) is 16.6 Å². The van der Waals surface area contributed by atoms with Gasteiger partial charge in [-0.25, -0.2) is 4.68 Å². The van der Waals surface area contributed by atoms with Crippen LogP contribution in [-0.2, 0) is 6.54 Å². The van der Waals surface area contributed by atoms with Crippen LogP contribution in [0.15, 0.2) is 59.3 Å².